The molecule has 0 aliphatic heterocycles. The molecule has 0 fully saturated rings. The molecule has 1 atom stereocenters. The predicted octanol–water partition coefficient (Wildman–Crippen LogP) is 3.97. The number of benzene rings is 1. The van der Waals surface area contributed by atoms with Crippen LogP contribution in [-0.4, -0.2) is 17.8 Å². The number of hydrogen-bond donors (Lipinski definition) is 1. The second-order valence-corrected chi connectivity index (χ2v) is 7.09. The van der Waals surface area contributed by atoms with E-state index in [0.29, 0.717) is 0 Å². The number of rotatable bonds is 5. The molecule has 0 aliphatic carbocycles. The minimum Gasteiger partial charge on any atom is -0.299 e. The minimum atomic E-state index is -0.456. The third kappa shape index (κ3) is 4.89. The smallest absolute Gasteiger partial charge is 0.113 e. The van der Waals surface area contributed by atoms with Crippen LogP contribution in [0, 0.1) is 11.3 Å². The van der Waals surface area contributed by atoms with Crippen molar-refractivity contribution in [3.8, 4) is 6.07 Å². The molecule has 3 heteroatoms. The molecule has 0 radical (unpaired) electrons. The van der Waals surface area contributed by atoms with Crippen LogP contribution in [0.1, 0.15) is 40.2 Å². The Morgan fingerprint density at radius 3 is 2.16 bits per heavy atom. The molecule has 0 aliphatic rings. The molecule has 0 bridgehead atoms. The van der Waals surface area contributed by atoms with Gasteiger partial charge in [-0.3, -0.25) is 5.32 Å². The summed E-state index contributed by atoms with van der Waals surface area (Å²) in [4.78, 5) is 1.22. The van der Waals surface area contributed by atoms with E-state index in [1.807, 2.05) is 13.8 Å². The maximum Gasteiger partial charge on any atom is 0.113 e. The summed E-state index contributed by atoms with van der Waals surface area (Å²) < 4.78 is 0. The van der Waals surface area contributed by atoms with Crippen molar-refractivity contribution in [1.29, 1.82) is 5.26 Å². The van der Waals surface area contributed by atoms with Gasteiger partial charge < -0.3 is 0 Å². The van der Waals surface area contributed by atoms with Crippen molar-refractivity contribution in [3.05, 3.63) is 29.8 Å². The van der Waals surface area contributed by atoms with Crippen LogP contribution in [0.25, 0.3) is 0 Å². The van der Waals surface area contributed by atoms with Crippen LogP contribution in [-0.2, 0) is 5.41 Å². The van der Waals surface area contributed by atoms with E-state index in [9.17, 15) is 5.26 Å². The van der Waals surface area contributed by atoms with Crippen molar-refractivity contribution >= 4 is 11.8 Å². The zero-order valence-electron chi connectivity index (χ0n) is 12.6. The lowest BCUT2D eigenvalue weighted by Crippen LogP contribution is -2.43. The molecular formula is C16H24N2S. The number of nitriles is 1. The molecule has 0 heterocycles. The molecule has 2 nitrogen and oxygen atoms in total. The van der Waals surface area contributed by atoms with Crippen LogP contribution in [0.3, 0.4) is 0 Å². The average molecular weight is 276 g/mol. The average Bonchev–Trinajstić information content (AvgIpc) is 2.36. The second-order valence-electron chi connectivity index (χ2n) is 6.04. The summed E-state index contributed by atoms with van der Waals surface area (Å²) in [5, 5.41) is 12.5. The van der Waals surface area contributed by atoms with Gasteiger partial charge in [-0.05, 0) is 36.6 Å². The maximum absolute atomic E-state index is 9.22. The van der Waals surface area contributed by atoms with Gasteiger partial charge in [-0.1, -0.05) is 39.8 Å². The van der Waals surface area contributed by atoms with Crippen LogP contribution >= 0.6 is 11.8 Å². The molecule has 0 saturated heterocycles. The van der Waals surface area contributed by atoms with E-state index >= 15 is 0 Å². The zero-order valence-corrected chi connectivity index (χ0v) is 13.4. The maximum atomic E-state index is 9.22. The van der Waals surface area contributed by atoms with Crippen molar-refractivity contribution in [2.75, 3.05) is 12.3 Å². The Morgan fingerprint density at radius 1 is 1.16 bits per heavy atom. The third-order valence-corrected chi connectivity index (χ3v) is 4.39. The molecule has 1 aromatic carbocycles. The first kappa shape index (κ1) is 16.1. The van der Waals surface area contributed by atoms with Gasteiger partial charge in [0.25, 0.3) is 0 Å². The van der Waals surface area contributed by atoms with Gasteiger partial charge in [-0.25, -0.2) is 0 Å². The highest BCUT2D eigenvalue weighted by Crippen LogP contribution is 2.27. The lowest BCUT2D eigenvalue weighted by atomic mass is 9.87. The Morgan fingerprint density at radius 2 is 1.74 bits per heavy atom. The van der Waals surface area contributed by atoms with Crippen LogP contribution in [0.2, 0.25) is 0 Å². The van der Waals surface area contributed by atoms with E-state index in [1.165, 1.54) is 10.5 Å². The lowest BCUT2D eigenvalue weighted by molar-refractivity contribution is 0.511. The molecule has 0 amide bonds. The number of thioether (sulfide) groups is 1. The van der Waals surface area contributed by atoms with Gasteiger partial charge in [0, 0.05) is 10.6 Å². The van der Waals surface area contributed by atoms with Gasteiger partial charge in [0.15, 0.2) is 0 Å². The quantitative estimate of drug-likeness (QED) is 0.827. The summed E-state index contributed by atoms with van der Waals surface area (Å²) in [5.41, 5.74) is 1.07. The van der Waals surface area contributed by atoms with Crippen LogP contribution in [0.5, 0.6) is 0 Å². The van der Waals surface area contributed by atoms with Gasteiger partial charge in [-0.2, -0.15) is 5.26 Å². The molecule has 1 N–H and O–H groups in total. The molecule has 0 spiro atoms. The summed E-state index contributed by atoms with van der Waals surface area (Å²) in [6.45, 7) is 11.4. The SMILES string of the molecule is CCNC(C)(C#N)CSc1ccc(C(C)(C)C)cc1. The van der Waals surface area contributed by atoms with Gasteiger partial charge in [0.2, 0.25) is 0 Å². The van der Waals surface area contributed by atoms with Gasteiger partial charge in [0.1, 0.15) is 5.54 Å². The highest BCUT2D eigenvalue weighted by molar-refractivity contribution is 7.99. The van der Waals surface area contributed by atoms with Crippen molar-refractivity contribution in [3.63, 3.8) is 0 Å². The Hall–Kier alpha value is -0.980. The molecule has 1 unspecified atom stereocenters. The minimum absolute atomic E-state index is 0.189. The largest absolute Gasteiger partial charge is 0.299 e. The molecule has 19 heavy (non-hydrogen) atoms. The first-order chi connectivity index (χ1) is 8.80. The standard InChI is InChI=1S/C16H24N2S/c1-6-18-16(5,11-17)12-19-14-9-7-13(8-10-14)15(2,3)4/h7-10,18H,6,12H2,1-5H3. The first-order valence-corrected chi connectivity index (χ1v) is 7.69. The van der Waals surface area contributed by atoms with E-state index in [0.717, 1.165) is 12.3 Å². The van der Waals surface area contributed by atoms with Crippen molar-refractivity contribution in [2.24, 2.45) is 0 Å². The zero-order chi connectivity index (χ0) is 14.5. The van der Waals surface area contributed by atoms with E-state index in [1.54, 1.807) is 11.8 Å². The lowest BCUT2D eigenvalue weighted by Gasteiger charge is -2.22. The normalized spacial score (nSPS) is 14.7. The third-order valence-electron chi connectivity index (χ3n) is 3.06. The highest BCUT2D eigenvalue weighted by atomic mass is 32.2. The number of nitrogens with one attached hydrogen (secondary N) is 1. The van der Waals surface area contributed by atoms with Crippen molar-refractivity contribution < 1.29 is 0 Å². The predicted molar refractivity (Wildman–Crippen MR) is 83.6 cm³/mol. The monoisotopic (exact) mass is 276 g/mol. The Bertz CT molecular complexity index is 439. The summed E-state index contributed by atoms with van der Waals surface area (Å²) in [6.07, 6.45) is 0. The molecular weight excluding hydrogens is 252 g/mol. The Kier molecular flexibility index (Phi) is 5.46. The van der Waals surface area contributed by atoms with E-state index in [-0.39, 0.29) is 5.41 Å². The Labute approximate surface area is 121 Å². The van der Waals surface area contributed by atoms with E-state index in [2.05, 4.69) is 56.4 Å². The summed E-state index contributed by atoms with van der Waals surface area (Å²) >= 11 is 1.73. The van der Waals surface area contributed by atoms with Gasteiger partial charge in [0.05, 0.1) is 6.07 Å². The second kappa shape index (κ2) is 6.45. The highest BCUT2D eigenvalue weighted by Gasteiger charge is 2.22. The number of hydrogen-bond acceptors (Lipinski definition) is 3. The van der Waals surface area contributed by atoms with Gasteiger partial charge in [-0.15, -0.1) is 11.8 Å². The fourth-order valence-electron chi connectivity index (χ4n) is 1.79. The van der Waals surface area contributed by atoms with Crippen LogP contribution in [0.4, 0.5) is 0 Å². The first-order valence-electron chi connectivity index (χ1n) is 6.70. The molecule has 104 valence electrons. The van der Waals surface area contributed by atoms with Crippen LogP contribution < -0.4 is 5.32 Å². The molecule has 0 saturated carbocycles. The Balaban J connectivity index is 2.67. The fraction of sp³-hybridized carbons (Fsp3) is 0.562. The van der Waals surface area contributed by atoms with Gasteiger partial charge >= 0.3 is 0 Å². The van der Waals surface area contributed by atoms with Crippen molar-refractivity contribution in [1.82, 2.24) is 5.32 Å². The number of nitrogens with zero attached hydrogens (tertiary/aromatic N) is 1. The fourth-order valence-corrected chi connectivity index (χ4v) is 2.74. The van der Waals surface area contributed by atoms with E-state index < -0.39 is 5.54 Å². The topological polar surface area (TPSA) is 35.8 Å². The summed E-state index contributed by atoms with van der Waals surface area (Å²) in [5.74, 6) is 0.756. The summed E-state index contributed by atoms with van der Waals surface area (Å²) in [6, 6.07) is 11.0. The van der Waals surface area contributed by atoms with E-state index in [4.69, 9.17) is 0 Å². The molecule has 0 aromatic heterocycles. The van der Waals surface area contributed by atoms with Crippen LogP contribution in [0.15, 0.2) is 29.2 Å². The molecule has 1 aromatic rings. The molecule has 1 rings (SSSR count). The summed E-state index contributed by atoms with van der Waals surface area (Å²) in [7, 11) is 0. The van der Waals surface area contributed by atoms with Crippen molar-refractivity contribution in [2.45, 2.75) is 50.5 Å².